The van der Waals surface area contributed by atoms with Crippen molar-refractivity contribution in [1.82, 2.24) is 15.1 Å². The maximum Gasteiger partial charge on any atom is 0.325 e. The minimum atomic E-state index is -0.394. The average molecular weight is 495 g/mol. The fourth-order valence-electron chi connectivity index (χ4n) is 4.72. The number of thioether (sulfide) groups is 1. The van der Waals surface area contributed by atoms with Gasteiger partial charge in [0.25, 0.3) is 5.91 Å². The van der Waals surface area contributed by atoms with Gasteiger partial charge in [0.1, 0.15) is 0 Å². The number of aliphatic imine (C=N–C) groups is 1. The van der Waals surface area contributed by atoms with Crippen LogP contribution < -0.4 is 5.32 Å². The van der Waals surface area contributed by atoms with Crippen LogP contribution in [-0.2, 0) is 4.79 Å². The Hall–Kier alpha value is -1.24. The number of hydrogen-bond acceptors (Lipinski definition) is 5. The van der Waals surface area contributed by atoms with Crippen molar-refractivity contribution in [1.29, 1.82) is 0 Å². The summed E-state index contributed by atoms with van der Waals surface area (Å²) in [6.45, 7) is 7.56. The summed E-state index contributed by atoms with van der Waals surface area (Å²) in [7, 11) is 1.73. The zero-order valence-corrected chi connectivity index (χ0v) is 23.1. The monoisotopic (exact) mass is 494 g/mol. The highest BCUT2D eigenvalue weighted by molar-refractivity contribution is 8.13. The lowest BCUT2D eigenvalue weighted by atomic mass is 10.0. The number of urea groups is 1. The van der Waals surface area contributed by atoms with Gasteiger partial charge in [0.2, 0.25) is 0 Å². The molecule has 0 radical (unpaired) electrons. The van der Waals surface area contributed by atoms with Crippen LogP contribution in [0.15, 0.2) is 4.99 Å². The number of nitrogens with one attached hydrogen (secondary N) is 1. The van der Waals surface area contributed by atoms with E-state index in [0.717, 1.165) is 30.3 Å². The second-order valence-electron chi connectivity index (χ2n) is 10.5. The van der Waals surface area contributed by atoms with Gasteiger partial charge in [-0.15, -0.1) is 0 Å². The van der Waals surface area contributed by atoms with Crippen molar-refractivity contribution in [2.75, 3.05) is 19.3 Å². The van der Waals surface area contributed by atoms with Gasteiger partial charge in [0.05, 0.1) is 0 Å². The van der Waals surface area contributed by atoms with E-state index >= 15 is 0 Å². The zero-order chi connectivity index (χ0) is 24.8. The third-order valence-corrected chi connectivity index (χ3v) is 8.04. The summed E-state index contributed by atoms with van der Waals surface area (Å²) in [4.78, 5) is 33.2. The smallest absolute Gasteiger partial charge is 0.325 e. The molecule has 1 saturated heterocycles. The Morgan fingerprint density at radius 1 is 0.882 bits per heavy atom. The second-order valence-corrected chi connectivity index (χ2v) is 11.6. The normalized spacial score (nSPS) is 20.2. The van der Waals surface area contributed by atoms with E-state index in [-0.39, 0.29) is 18.0 Å². The molecular formula is C27H50N4O2S. The molecule has 0 aromatic carbocycles. The predicted octanol–water partition coefficient (Wildman–Crippen LogP) is 6.79. The molecule has 0 saturated carbocycles. The summed E-state index contributed by atoms with van der Waals surface area (Å²) in [6, 6.07) is -0.730. The van der Waals surface area contributed by atoms with Gasteiger partial charge in [0, 0.05) is 19.3 Å². The molecular weight excluding hydrogens is 444 g/mol. The summed E-state index contributed by atoms with van der Waals surface area (Å²) in [6.07, 6.45) is 19.4. The number of rotatable bonds is 18. The van der Waals surface area contributed by atoms with Gasteiger partial charge in [-0.3, -0.25) is 10.1 Å². The Morgan fingerprint density at radius 3 is 1.94 bits per heavy atom. The molecule has 7 heteroatoms. The fourth-order valence-corrected chi connectivity index (χ4v) is 6.04. The summed E-state index contributed by atoms with van der Waals surface area (Å²) in [5.41, 5.74) is 0. The number of amides is 3. The summed E-state index contributed by atoms with van der Waals surface area (Å²) >= 11 is 1.74. The van der Waals surface area contributed by atoms with Crippen LogP contribution in [0.25, 0.3) is 0 Å². The highest BCUT2D eigenvalue weighted by atomic mass is 32.2. The topological polar surface area (TPSA) is 65.0 Å². The minimum absolute atomic E-state index is 0.207. The number of fused-ring (bicyclic) bond motifs is 1. The molecule has 1 fully saturated rings. The molecule has 2 aliphatic rings. The van der Waals surface area contributed by atoms with Crippen LogP contribution in [0.4, 0.5) is 4.79 Å². The first-order valence-corrected chi connectivity index (χ1v) is 15.0. The van der Waals surface area contributed by atoms with Crippen molar-refractivity contribution in [2.24, 2.45) is 10.9 Å². The molecule has 0 aromatic rings. The molecule has 3 amide bonds. The zero-order valence-electron chi connectivity index (χ0n) is 22.3. The van der Waals surface area contributed by atoms with Crippen molar-refractivity contribution in [2.45, 2.75) is 129 Å². The third-order valence-electron chi connectivity index (χ3n) is 7.00. The fraction of sp³-hybridized carbons (Fsp3) is 0.889. The van der Waals surface area contributed by atoms with Gasteiger partial charge in [-0.05, 0) is 18.8 Å². The molecule has 2 unspecified atom stereocenters. The summed E-state index contributed by atoms with van der Waals surface area (Å²) < 4.78 is 0. The molecule has 1 N–H and O–H groups in total. The molecule has 2 rings (SSSR count). The predicted molar refractivity (Wildman–Crippen MR) is 145 cm³/mol. The van der Waals surface area contributed by atoms with Crippen molar-refractivity contribution in [3.05, 3.63) is 0 Å². The Labute approximate surface area is 213 Å². The lowest BCUT2D eigenvalue weighted by molar-refractivity contribution is -0.127. The van der Waals surface area contributed by atoms with Gasteiger partial charge in [-0.2, -0.15) is 0 Å². The van der Waals surface area contributed by atoms with E-state index in [1.54, 1.807) is 23.7 Å². The Balaban J connectivity index is 1.64. The van der Waals surface area contributed by atoms with Gasteiger partial charge < -0.3 is 9.80 Å². The van der Waals surface area contributed by atoms with Gasteiger partial charge in [-0.1, -0.05) is 116 Å². The van der Waals surface area contributed by atoms with Crippen LogP contribution in [0.5, 0.6) is 0 Å². The molecule has 0 aromatic heterocycles. The van der Waals surface area contributed by atoms with E-state index in [1.807, 2.05) is 0 Å². The number of likely N-dealkylation sites (N-methyl/N-ethyl adjacent to an activating group) is 1. The summed E-state index contributed by atoms with van der Waals surface area (Å²) in [5.74, 6) is 1.43. The number of unbranched alkanes of at least 4 members (excludes halogenated alkanes) is 13. The van der Waals surface area contributed by atoms with E-state index in [2.05, 4.69) is 31.0 Å². The van der Waals surface area contributed by atoms with Crippen LogP contribution in [0.3, 0.4) is 0 Å². The first-order valence-electron chi connectivity index (χ1n) is 14.0. The standard InChI is InChI=1S/C27H50N4O2S/c1-5-6-7-8-9-10-11-12-13-14-15-16-17-18-20-31-23-24(30(4)26(33)29-25(23)32)28-27(31)34-21-19-22(2)3/h22-24H,5-21H2,1-4H3,(H,29,32,33). The maximum atomic E-state index is 12.6. The van der Waals surface area contributed by atoms with Crippen LogP contribution in [-0.4, -0.2) is 58.5 Å². The van der Waals surface area contributed by atoms with Crippen molar-refractivity contribution < 1.29 is 9.59 Å². The lowest BCUT2D eigenvalue weighted by Crippen LogP contribution is -2.63. The first-order chi connectivity index (χ1) is 16.5. The molecule has 6 nitrogen and oxygen atoms in total. The first kappa shape index (κ1) is 29.0. The third kappa shape index (κ3) is 9.79. The number of nitrogens with zero attached hydrogens (tertiary/aromatic N) is 3. The Kier molecular flexibility index (Phi) is 14.0. The number of hydrogen-bond donors (Lipinski definition) is 1. The van der Waals surface area contributed by atoms with Crippen LogP contribution in [0.1, 0.15) is 117 Å². The lowest BCUT2D eigenvalue weighted by Gasteiger charge is -2.36. The molecule has 34 heavy (non-hydrogen) atoms. The molecule has 0 spiro atoms. The van der Waals surface area contributed by atoms with E-state index in [9.17, 15) is 9.59 Å². The maximum absolute atomic E-state index is 12.6. The van der Waals surface area contributed by atoms with Crippen molar-refractivity contribution in [3.8, 4) is 0 Å². The number of amidine groups is 1. The van der Waals surface area contributed by atoms with Crippen LogP contribution >= 0.6 is 11.8 Å². The molecule has 196 valence electrons. The average Bonchev–Trinajstić information content (AvgIpc) is 3.16. The molecule has 2 atom stereocenters. The van der Waals surface area contributed by atoms with E-state index < -0.39 is 6.17 Å². The largest absolute Gasteiger partial charge is 0.336 e. The molecule has 2 heterocycles. The molecule has 2 aliphatic heterocycles. The quantitative estimate of drug-likeness (QED) is 0.213. The summed E-state index contributed by atoms with van der Waals surface area (Å²) in [5, 5.41) is 3.43. The SMILES string of the molecule is CCCCCCCCCCCCCCCCN1C(SCCC(C)C)=NC2C1C(=O)NC(=O)N2C. The number of imide groups is 1. The minimum Gasteiger partial charge on any atom is -0.336 e. The highest BCUT2D eigenvalue weighted by Crippen LogP contribution is 2.29. The Morgan fingerprint density at radius 2 is 1.41 bits per heavy atom. The number of carbonyl (C=O) groups is 2. The van der Waals surface area contributed by atoms with Crippen molar-refractivity contribution >= 4 is 28.9 Å². The number of carbonyl (C=O) groups excluding carboxylic acids is 2. The second kappa shape index (κ2) is 16.4. The van der Waals surface area contributed by atoms with E-state index in [1.165, 1.54) is 83.5 Å². The van der Waals surface area contributed by atoms with E-state index in [0.29, 0.717) is 5.92 Å². The van der Waals surface area contributed by atoms with E-state index in [4.69, 9.17) is 4.99 Å². The van der Waals surface area contributed by atoms with Gasteiger partial charge in [-0.25, -0.2) is 9.79 Å². The van der Waals surface area contributed by atoms with Crippen LogP contribution in [0.2, 0.25) is 0 Å². The molecule has 0 aliphatic carbocycles. The van der Waals surface area contributed by atoms with Crippen LogP contribution in [0, 0.1) is 5.92 Å². The highest BCUT2D eigenvalue weighted by Gasteiger charge is 2.48. The van der Waals surface area contributed by atoms with Gasteiger partial charge in [0.15, 0.2) is 17.4 Å². The Bertz CT molecular complexity index is 640. The van der Waals surface area contributed by atoms with Crippen molar-refractivity contribution in [3.63, 3.8) is 0 Å². The van der Waals surface area contributed by atoms with Gasteiger partial charge >= 0.3 is 6.03 Å². The molecule has 0 bridgehead atoms.